The van der Waals surface area contributed by atoms with Gasteiger partial charge in [-0.25, -0.2) is 9.97 Å². The molecule has 0 saturated carbocycles. The van der Waals surface area contributed by atoms with Gasteiger partial charge < -0.3 is 9.80 Å². The van der Waals surface area contributed by atoms with Crippen LogP contribution in [0.4, 0.5) is 5.82 Å². The molecule has 2 aromatic heterocycles. The second-order valence-electron chi connectivity index (χ2n) is 7.94. The molecule has 1 aliphatic heterocycles. The molecule has 1 aliphatic carbocycles. The molecule has 1 aromatic carbocycles. The number of nitrogens with zero attached hydrogens (tertiary/aromatic N) is 4. The van der Waals surface area contributed by atoms with Gasteiger partial charge in [-0.1, -0.05) is 37.3 Å². The molecular weight excluding hydrogens is 364 g/mol. The van der Waals surface area contributed by atoms with Gasteiger partial charge in [-0.2, -0.15) is 0 Å². The van der Waals surface area contributed by atoms with E-state index in [1.165, 1.54) is 47.3 Å². The maximum absolute atomic E-state index is 5.15. The summed E-state index contributed by atoms with van der Waals surface area (Å²) in [4.78, 5) is 18.0. The summed E-state index contributed by atoms with van der Waals surface area (Å²) in [5.74, 6) is 2.16. The number of likely N-dealkylation sites (N-methyl/N-ethyl adjacent to an activating group) is 1. The highest BCUT2D eigenvalue weighted by atomic mass is 32.1. The number of aryl methyl sites for hydroxylation is 2. The van der Waals surface area contributed by atoms with E-state index in [9.17, 15) is 0 Å². The number of hydrogen-bond acceptors (Lipinski definition) is 5. The molecule has 28 heavy (non-hydrogen) atoms. The molecule has 2 aliphatic rings. The van der Waals surface area contributed by atoms with Crippen molar-refractivity contribution in [1.82, 2.24) is 14.9 Å². The molecule has 0 amide bonds. The summed E-state index contributed by atoms with van der Waals surface area (Å²) in [6.45, 7) is 7.78. The summed E-state index contributed by atoms with van der Waals surface area (Å²) in [5.41, 5.74) is 2.83. The monoisotopic (exact) mass is 392 g/mol. The van der Waals surface area contributed by atoms with Crippen LogP contribution in [0.2, 0.25) is 0 Å². The van der Waals surface area contributed by atoms with Crippen LogP contribution in [0.3, 0.4) is 0 Å². The molecule has 1 saturated heterocycles. The van der Waals surface area contributed by atoms with Crippen LogP contribution in [0.1, 0.15) is 41.6 Å². The Kier molecular flexibility index (Phi) is 5.03. The van der Waals surface area contributed by atoms with Gasteiger partial charge in [0.15, 0.2) is 0 Å². The standard InChI is InChI=1S/C23H28N4S/c1-2-26-12-14-27(15-13-26)22-21-18-10-6-7-11-19(18)28-23(21)25-20(24-22)16-17-8-4-3-5-9-17/h3-5,8-9H,2,6-7,10-16H2,1H3. The number of anilines is 1. The molecule has 4 nitrogen and oxygen atoms in total. The summed E-state index contributed by atoms with van der Waals surface area (Å²) in [6, 6.07) is 10.6. The smallest absolute Gasteiger partial charge is 0.141 e. The molecular formula is C23H28N4S. The number of aromatic nitrogens is 2. The predicted octanol–water partition coefficient (Wildman–Crippen LogP) is 4.30. The van der Waals surface area contributed by atoms with Crippen LogP contribution >= 0.6 is 11.3 Å². The van der Waals surface area contributed by atoms with Crippen LogP contribution in [-0.4, -0.2) is 47.6 Å². The number of thiophene rings is 1. The van der Waals surface area contributed by atoms with Crippen molar-refractivity contribution in [3.05, 3.63) is 52.2 Å². The van der Waals surface area contributed by atoms with Crippen LogP contribution in [0.15, 0.2) is 30.3 Å². The minimum Gasteiger partial charge on any atom is -0.353 e. The van der Waals surface area contributed by atoms with Gasteiger partial charge in [0.1, 0.15) is 16.5 Å². The number of fused-ring (bicyclic) bond motifs is 3. The first-order chi connectivity index (χ1) is 13.8. The zero-order valence-corrected chi connectivity index (χ0v) is 17.5. The van der Waals surface area contributed by atoms with Crippen LogP contribution in [0.5, 0.6) is 0 Å². The molecule has 0 atom stereocenters. The van der Waals surface area contributed by atoms with Crippen molar-refractivity contribution in [1.29, 1.82) is 0 Å². The van der Waals surface area contributed by atoms with E-state index < -0.39 is 0 Å². The lowest BCUT2D eigenvalue weighted by Crippen LogP contribution is -2.46. The van der Waals surface area contributed by atoms with E-state index in [2.05, 4.69) is 47.1 Å². The zero-order chi connectivity index (χ0) is 18.9. The average Bonchev–Trinajstić information content (AvgIpc) is 3.12. The van der Waals surface area contributed by atoms with Gasteiger partial charge in [0.05, 0.1) is 5.39 Å². The molecule has 3 heterocycles. The third-order valence-corrected chi connectivity index (χ3v) is 7.35. The minimum absolute atomic E-state index is 0.807. The van der Waals surface area contributed by atoms with Gasteiger partial charge >= 0.3 is 0 Å². The van der Waals surface area contributed by atoms with E-state index >= 15 is 0 Å². The summed E-state index contributed by atoms with van der Waals surface area (Å²) < 4.78 is 0. The van der Waals surface area contributed by atoms with E-state index in [-0.39, 0.29) is 0 Å². The molecule has 0 radical (unpaired) electrons. The Morgan fingerprint density at radius 3 is 2.54 bits per heavy atom. The van der Waals surface area contributed by atoms with Crippen LogP contribution in [-0.2, 0) is 19.3 Å². The summed E-state index contributed by atoms with van der Waals surface area (Å²) in [5, 5.41) is 1.36. The van der Waals surface area contributed by atoms with Crippen molar-refractivity contribution >= 4 is 27.4 Å². The molecule has 0 spiro atoms. The first-order valence-electron chi connectivity index (χ1n) is 10.6. The van der Waals surface area contributed by atoms with E-state index in [4.69, 9.17) is 9.97 Å². The molecule has 5 heteroatoms. The first kappa shape index (κ1) is 18.1. The quantitative estimate of drug-likeness (QED) is 0.663. The SMILES string of the molecule is CCN1CCN(c2nc(Cc3ccccc3)nc3sc4c(c23)CCCC4)CC1. The number of piperazine rings is 1. The topological polar surface area (TPSA) is 32.3 Å². The molecule has 146 valence electrons. The number of rotatable bonds is 4. The highest BCUT2D eigenvalue weighted by Gasteiger charge is 2.25. The summed E-state index contributed by atoms with van der Waals surface area (Å²) >= 11 is 1.92. The molecule has 0 bridgehead atoms. The van der Waals surface area contributed by atoms with Gasteiger partial charge in [0.2, 0.25) is 0 Å². The minimum atomic E-state index is 0.807. The third kappa shape index (κ3) is 3.42. The number of benzene rings is 1. The Balaban J connectivity index is 1.57. The van der Waals surface area contributed by atoms with Gasteiger partial charge in [0.25, 0.3) is 0 Å². The fraction of sp³-hybridized carbons (Fsp3) is 0.478. The summed E-state index contributed by atoms with van der Waals surface area (Å²) in [6.07, 6.45) is 5.83. The normalized spacial score (nSPS) is 17.8. The van der Waals surface area contributed by atoms with E-state index in [1.54, 1.807) is 10.4 Å². The Morgan fingerprint density at radius 1 is 0.964 bits per heavy atom. The third-order valence-electron chi connectivity index (χ3n) is 6.17. The van der Waals surface area contributed by atoms with Crippen molar-refractivity contribution in [2.45, 2.75) is 39.0 Å². The second kappa shape index (κ2) is 7.80. The van der Waals surface area contributed by atoms with E-state index in [0.29, 0.717) is 0 Å². The van der Waals surface area contributed by atoms with Crippen LogP contribution in [0.25, 0.3) is 10.2 Å². The maximum Gasteiger partial charge on any atom is 0.141 e. The van der Waals surface area contributed by atoms with Gasteiger partial charge in [0, 0.05) is 37.5 Å². The average molecular weight is 393 g/mol. The lowest BCUT2D eigenvalue weighted by atomic mass is 9.96. The van der Waals surface area contributed by atoms with Gasteiger partial charge in [-0.15, -0.1) is 11.3 Å². The fourth-order valence-corrected chi connectivity index (χ4v) is 5.82. The molecule has 1 fully saturated rings. The second-order valence-corrected chi connectivity index (χ2v) is 9.02. The first-order valence-corrected chi connectivity index (χ1v) is 11.5. The van der Waals surface area contributed by atoms with Crippen molar-refractivity contribution in [2.24, 2.45) is 0 Å². The van der Waals surface area contributed by atoms with E-state index in [1.807, 2.05) is 11.3 Å². The van der Waals surface area contributed by atoms with Gasteiger partial charge in [-0.05, 0) is 43.4 Å². The highest BCUT2D eigenvalue weighted by Crippen LogP contribution is 2.40. The molecule has 3 aromatic rings. The van der Waals surface area contributed by atoms with Crippen molar-refractivity contribution < 1.29 is 0 Å². The van der Waals surface area contributed by atoms with Crippen LogP contribution < -0.4 is 4.90 Å². The lowest BCUT2D eigenvalue weighted by Gasteiger charge is -2.35. The van der Waals surface area contributed by atoms with Crippen molar-refractivity contribution in [3.8, 4) is 0 Å². The Labute approximate surface area is 171 Å². The number of hydrogen-bond donors (Lipinski definition) is 0. The maximum atomic E-state index is 5.15. The Morgan fingerprint density at radius 2 is 1.75 bits per heavy atom. The van der Waals surface area contributed by atoms with Crippen LogP contribution in [0, 0.1) is 0 Å². The Bertz CT molecular complexity index is 958. The Hall–Kier alpha value is -1.98. The lowest BCUT2D eigenvalue weighted by molar-refractivity contribution is 0.270. The largest absolute Gasteiger partial charge is 0.353 e. The van der Waals surface area contributed by atoms with Gasteiger partial charge in [-0.3, -0.25) is 0 Å². The predicted molar refractivity (Wildman–Crippen MR) is 118 cm³/mol. The molecule has 0 unspecified atom stereocenters. The molecule has 5 rings (SSSR count). The molecule has 0 N–H and O–H groups in total. The van der Waals surface area contributed by atoms with E-state index in [0.717, 1.165) is 45.0 Å². The fourth-order valence-electron chi connectivity index (χ4n) is 4.54. The highest BCUT2D eigenvalue weighted by molar-refractivity contribution is 7.19. The zero-order valence-electron chi connectivity index (χ0n) is 16.7. The van der Waals surface area contributed by atoms with Crippen molar-refractivity contribution in [3.63, 3.8) is 0 Å². The summed E-state index contributed by atoms with van der Waals surface area (Å²) in [7, 11) is 0. The van der Waals surface area contributed by atoms with Crippen molar-refractivity contribution in [2.75, 3.05) is 37.6 Å².